The van der Waals surface area contributed by atoms with Gasteiger partial charge in [-0.2, -0.15) is 10.2 Å². The van der Waals surface area contributed by atoms with Crippen molar-refractivity contribution in [3.8, 4) is 0 Å². The van der Waals surface area contributed by atoms with Crippen LogP contribution >= 0.6 is 0 Å². The Morgan fingerprint density at radius 2 is 2.04 bits per heavy atom. The van der Waals surface area contributed by atoms with Gasteiger partial charge in [0.1, 0.15) is 11.4 Å². The maximum absolute atomic E-state index is 12.3. The SMILES string of the molecule is CC(C1CC1)n1cc(NS(=O)(=O)c2cnn(CC(F)F)c2)cn1. The summed E-state index contributed by atoms with van der Waals surface area (Å²) >= 11 is 0. The summed E-state index contributed by atoms with van der Waals surface area (Å²) in [5.41, 5.74) is 0.333. The third-order valence-corrected chi connectivity index (χ3v) is 5.16. The van der Waals surface area contributed by atoms with Gasteiger partial charge in [-0.05, 0) is 25.7 Å². The summed E-state index contributed by atoms with van der Waals surface area (Å²) in [6.07, 6.45) is 4.90. The van der Waals surface area contributed by atoms with Gasteiger partial charge in [-0.1, -0.05) is 0 Å². The Morgan fingerprint density at radius 3 is 2.70 bits per heavy atom. The van der Waals surface area contributed by atoms with Crippen LogP contribution in [0.3, 0.4) is 0 Å². The van der Waals surface area contributed by atoms with Crippen LogP contribution in [0.5, 0.6) is 0 Å². The molecular weight excluding hydrogens is 328 g/mol. The lowest BCUT2D eigenvalue weighted by molar-refractivity contribution is 0.121. The molecule has 10 heteroatoms. The lowest BCUT2D eigenvalue weighted by Gasteiger charge is -2.09. The number of hydrogen-bond donors (Lipinski definition) is 1. The maximum Gasteiger partial charge on any atom is 0.265 e. The first-order valence-corrected chi connectivity index (χ1v) is 8.71. The van der Waals surface area contributed by atoms with Gasteiger partial charge < -0.3 is 0 Å². The van der Waals surface area contributed by atoms with E-state index in [1.807, 2.05) is 6.92 Å². The number of anilines is 1. The van der Waals surface area contributed by atoms with Gasteiger partial charge in [0.2, 0.25) is 0 Å². The Labute approximate surface area is 132 Å². The molecule has 0 amide bonds. The van der Waals surface area contributed by atoms with Crippen molar-refractivity contribution in [3.63, 3.8) is 0 Å². The van der Waals surface area contributed by atoms with Gasteiger partial charge in [0.25, 0.3) is 16.4 Å². The van der Waals surface area contributed by atoms with Crippen LogP contribution in [0.15, 0.2) is 29.7 Å². The molecule has 1 saturated carbocycles. The molecule has 1 aliphatic rings. The molecule has 126 valence electrons. The van der Waals surface area contributed by atoms with Gasteiger partial charge in [0.15, 0.2) is 0 Å². The van der Waals surface area contributed by atoms with E-state index in [-0.39, 0.29) is 10.9 Å². The molecule has 0 spiro atoms. The molecule has 1 N–H and O–H groups in total. The van der Waals surface area contributed by atoms with Gasteiger partial charge in [0.05, 0.1) is 24.1 Å². The van der Waals surface area contributed by atoms with Crippen molar-refractivity contribution in [3.05, 3.63) is 24.8 Å². The van der Waals surface area contributed by atoms with Crippen molar-refractivity contribution in [2.45, 2.75) is 43.7 Å². The van der Waals surface area contributed by atoms with Gasteiger partial charge in [-0.3, -0.25) is 14.1 Å². The number of nitrogens with one attached hydrogen (secondary N) is 1. The molecule has 2 heterocycles. The first kappa shape index (κ1) is 15.9. The van der Waals surface area contributed by atoms with Crippen LogP contribution in [0.1, 0.15) is 25.8 Å². The summed E-state index contributed by atoms with van der Waals surface area (Å²) in [6.45, 7) is 1.39. The largest absolute Gasteiger partial charge is 0.276 e. The predicted octanol–water partition coefficient (Wildman–Crippen LogP) is 2.12. The highest BCUT2D eigenvalue weighted by Crippen LogP contribution is 2.39. The average molecular weight is 345 g/mol. The van der Waals surface area contributed by atoms with Crippen LogP contribution in [0.4, 0.5) is 14.5 Å². The van der Waals surface area contributed by atoms with Crippen LogP contribution < -0.4 is 4.72 Å². The molecule has 0 saturated heterocycles. The highest BCUT2D eigenvalue weighted by atomic mass is 32.2. The molecule has 0 bridgehead atoms. The molecule has 1 unspecified atom stereocenters. The van der Waals surface area contributed by atoms with E-state index in [0.29, 0.717) is 11.6 Å². The fraction of sp³-hybridized carbons (Fsp3) is 0.538. The van der Waals surface area contributed by atoms with Crippen LogP contribution in [0.2, 0.25) is 0 Å². The van der Waals surface area contributed by atoms with E-state index in [0.717, 1.165) is 29.9 Å². The lowest BCUT2D eigenvalue weighted by Crippen LogP contribution is -2.12. The quantitative estimate of drug-likeness (QED) is 0.833. The van der Waals surface area contributed by atoms with Gasteiger partial charge >= 0.3 is 0 Å². The summed E-state index contributed by atoms with van der Waals surface area (Å²) < 4.78 is 54.1. The summed E-state index contributed by atoms with van der Waals surface area (Å²) in [6, 6.07) is 0.224. The molecule has 1 fully saturated rings. The number of halogens is 2. The normalized spacial score (nSPS) is 16.7. The molecule has 0 aliphatic heterocycles. The van der Waals surface area contributed by atoms with E-state index in [9.17, 15) is 17.2 Å². The monoisotopic (exact) mass is 345 g/mol. The Kier molecular flexibility index (Phi) is 4.09. The number of rotatable bonds is 7. The Bertz CT molecular complexity index is 782. The van der Waals surface area contributed by atoms with Gasteiger partial charge in [-0.15, -0.1) is 0 Å². The minimum atomic E-state index is -3.88. The lowest BCUT2D eigenvalue weighted by atomic mass is 10.2. The highest BCUT2D eigenvalue weighted by molar-refractivity contribution is 7.92. The van der Waals surface area contributed by atoms with Crippen molar-refractivity contribution < 1.29 is 17.2 Å². The number of nitrogens with zero attached hydrogens (tertiary/aromatic N) is 4. The van der Waals surface area contributed by atoms with Crippen LogP contribution in [-0.2, 0) is 16.6 Å². The molecule has 7 nitrogen and oxygen atoms in total. The Balaban J connectivity index is 1.71. The Hall–Kier alpha value is -1.97. The number of alkyl halides is 2. The second-order valence-electron chi connectivity index (χ2n) is 5.68. The smallest absolute Gasteiger partial charge is 0.265 e. The van der Waals surface area contributed by atoms with Crippen molar-refractivity contribution in [2.24, 2.45) is 5.92 Å². The summed E-state index contributed by atoms with van der Waals surface area (Å²) in [7, 11) is -3.88. The van der Waals surface area contributed by atoms with E-state index < -0.39 is 23.0 Å². The Morgan fingerprint density at radius 1 is 1.30 bits per heavy atom. The van der Waals surface area contributed by atoms with Crippen molar-refractivity contribution in [1.82, 2.24) is 19.6 Å². The van der Waals surface area contributed by atoms with Gasteiger partial charge in [-0.25, -0.2) is 17.2 Å². The third-order valence-electron chi connectivity index (χ3n) is 3.82. The van der Waals surface area contributed by atoms with E-state index in [1.165, 1.54) is 6.20 Å². The third kappa shape index (κ3) is 3.69. The van der Waals surface area contributed by atoms with Crippen LogP contribution in [-0.4, -0.2) is 34.4 Å². The summed E-state index contributed by atoms with van der Waals surface area (Å²) in [5.74, 6) is 0.590. The van der Waals surface area contributed by atoms with Crippen molar-refractivity contribution in [2.75, 3.05) is 4.72 Å². The predicted molar refractivity (Wildman–Crippen MR) is 78.7 cm³/mol. The van der Waals surface area contributed by atoms with E-state index in [2.05, 4.69) is 14.9 Å². The van der Waals surface area contributed by atoms with Crippen LogP contribution in [0, 0.1) is 5.92 Å². The molecule has 0 radical (unpaired) electrons. The van der Waals surface area contributed by atoms with Crippen molar-refractivity contribution in [1.29, 1.82) is 0 Å². The minimum absolute atomic E-state index is 0.166. The maximum atomic E-state index is 12.3. The fourth-order valence-electron chi connectivity index (χ4n) is 2.35. The highest BCUT2D eigenvalue weighted by Gasteiger charge is 2.29. The molecular formula is C13H17F2N5O2S. The zero-order valence-corrected chi connectivity index (χ0v) is 13.2. The molecule has 1 atom stereocenters. The molecule has 0 aromatic carbocycles. The minimum Gasteiger partial charge on any atom is -0.276 e. The topological polar surface area (TPSA) is 81.8 Å². The first-order valence-electron chi connectivity index (χ1n) is 7.23. The number of sulfonamides is 1. The fourth-order valence-corrected chi connectivity index (χ4v) is 3.33. The average Bonchev–Trinajstić information content (AvgIpc) is 3.03. The standard InChI is InChI=1S/C13H17F2N5O2S/c1-9(10-2-3-10)20-6-11(4-17-20)18-23(21,22)12-5-16-19(7-12)8-13(14)15/h4-7,9-10,13,18H,2-3,8H2,1H3. The van der Waals surface area contributed by atoms with Gasteiger partial charge in [0, 0.05) is 12.4 Å². The number of hydrogen-bond acceptors (Lipinski definition) is 4. The molecule has 1 aliphatic carbocycles. The molecule has 3 rings (SSSR count). The summed E-state index contributed by atoms with van der Waals surface area (Å²) in [4.78, 5) is -0.166. The van der Waals surface area contributed by atoms with Crippen molar-refractivity contribution >= 4 is 15.7 Å². The second-order valence-corrected chi connectivity index (χ2v) is 7.36. The van der Waals surface area contributed by atoms with E-state index >= 15 is 0 Å². The second kappa shape index (κ2) is 5.91. The first-order chi connectivity index (χ1) is 10.8. The molecule has 2 aromatic rings. The molecule has 2 aromatic heterocycles. The zero-order valence-electron chi connectivity index (χ0n) is 12.4. The summed E-state index contributed by atoms with van der Waals surface area (Å²) in [5, 5.41) is 7.80. The van der Waals surface area contributed by atoms with E-state index in [1.54, 1.807) is 10.9 Å². The molecule has 23 heavy (non-hydrogen) atoms. The van der Waals surface area contributed by atoms with Crippen LogP contribution in [0.25, 0.3) is 0 Å². The zero-order chi connectivity index (χ0) is 16.6. The van der Waals surface area contributed by atoms with E-state index in [4.69, 9.17) is 0 Å². The number of aromatic nitrogens is 4.